The lowest BCUT2D eigenvalue weighted by atomic mass is 10.2. The molecule has 0 atom stereocenters. The van der Waals surface area contributed by atoms with E-state index in [1.807, 2.05) is 60.1 Å². The predicted molar refractivity (Wildman–Crippen MR) is 115 cm³/mol. The molecule has 1 N–H and O–H groups in total. The second-order valence-corrected chi connectivity index (χ2v) is 8.29. The molecule has 3 aromatic rings. The summed E-state index contributed by atoms with van der Waals surface area (Å²) in [5.41, 5.74) is 4.36. The Hall–Kier alpha value is -1.97. The van der Waals surface area contributed by atoms with Crippen LogP contribution in [-0.4, -0.2) is 32.6 Å². The first-order valence-corrected chi connectivity index (χ1v) is 10.5. The quantitative estimate of drug-likeness (QED) is 0.307. The summed E-state index contributed by atoms with van der Waals surface area (Å²) in [5, 5.41) is 13.0. The van der Waals surface area contributed by atoms with Crippen LogP contribution in [0.4, 0.5) is 0 Å². The molecule has 0 saturated carbocycles. The highest BCUT2D eigenvalue weighted by atomic mass is 79.9. The van der Waals surface area contributed by atoms with E-state index in [1.165, 1.54) is 11.8 Å². The largest absolute Gasteiger partial charge is 0.305 e. The van der Waals surface area contributed by atoms with Gasteiger partial charge in [0.2, 0.25) is 0 Å². The Labute approximate surface area is 177 Å². The van der Waals surface area contributed by atoms with Crippen LogP contribution in [0.25, 0.3) is 11.4 Å². The van der Waals surface area contributed by atoms with E-state index in [9.17, 15) is 4.79 Å². The van der Waals surface area contributed by atoms with Gasteiger partial charge in [0.1, 0.15) is 0 Å². The lowest BCUT2D eigenvalue weighted by Gasteiger charge is -2.04. The van der Waals surface area contributed by atoms with Gasteiger partial charge in [-0.15, -0.1) is 10.2 Å². The molecule has 0 aliphatic carbocycles. The van der Waals surface area contributed by atoms with Crippen molar-refractivity contribution in [1.29, 1.82) is 0 Å². The first-order valence-electron chi connectivity index (χ1n) is 7.88. The number of amides is 1. The summed E-state index contributed by atoms with van der Waals surface area (Å²) in [6.07, 6.45) is 1.60. The molecule has 2 aromatic carbocycles. The van der Waals surface area contributed by atoms with E-state index in [4.69, 9.17) is 0 Å². The van der Waals surface area contributed by atoms with Crippen molar-refractivity contribution in [3.05, 3.63) is 63.0 Å². The fourth-order valence-electron chi connectivity index (χ4n) is 2.25. The second-order valence-electron chi connectivity index (χ2n) is 5.51. The summed E-state index contributed by atoms with van der Waals surface area (Å²) < 4.78 is 3.79. The number of hydrogen-bond donors (Lipinski definition) is 1. The van der Waals surface area contributed by atoms with Crippen LogP contribution in [0.5, 0.6) is 0 Å². The molecule has 138 valence electrons. The van der Waals surface area contributed by atoms with Crippen molar-refractivity contribution in [3.63, 3.8) is 0 Å². The molecule has 0 radical (unpaired) electrons. The van der Waals surface area contributed by atoms with Crippen molar-refractivity contribution < 1.29 is 4.79 Å². The number of benzene rings is 2. The first-order chi connectivity index (χ1) is 13.0. The minimum absolute atomic E-state index is 0.195. The third kappa shape index (κ3) is 5.50. The number of aromatic nitrogens is 3. The summed E-state index contributed by atoms with van der Waals surface area (Å²) in [7, 11) is 1.88. The molecule has 0 bridgehead atoms. The van der Waals surface area contributed by atoms with E-state index >= 15 is 0 Å². The van der Waals surface area contributed by atoms with Crippen LogP contribution in [0.3, 0.4) is 0 Å². The first kappa shape index (κ1) is 19.8. The van der Waals surface area contributed by atoms with Crippen LogP contribution >= 0.6 is 43.6 Å². The number of rotatable bonds is 6. The third-order valence-corrected chi connectivity index (χ3v) is 5.51. The van der Waals surface area contributed by atoms with E-state index in [2.05, 4.69) is 52.6 Å². The van der Waals surface area contributed by atoms with Gasteiger partial charge in [0.05, 0.1) is 12.0 Å². The van der Waals surface area contributed by atoms with Crippen LogP contribution in [0.1, 0.15) is 5.56 Å². The van der Waals surface area contributed by atoms with Gasteiger partial charge in [-0.2, -0.15) is 5.10 Å². The molecule has 0 saturated heterocycles. The van der Waals surface area contributed by atoms with E-state index in [-0.39, 0.29) is 11.7 Å². The molecule has 0 spiro atoms. The smallest absolute Gasteiger partial charge is 0.250 e. The van der Waals surface area contributed by atoms with E-state index in [1.54, 1.807) is 6.21 Å². The zero-order valence-corrected chi connectivity index (χ0v) is 18.3. The van der Waals surface area contributed by atoms with Crippen LogP contribution < -0.4 is 5.43 Å². The van der Waals surface area contributed by atoms with Crippen molar-refractivity contribution in [2.45, 2.75) is 5.16 Å². The lowest BCUT2D eigenvalue weighted by molar-refractivity contribution is -0.118. The number of halogens is 2. The molecule has 0 fully saturated rings. The molecule has 1 aromatic heterocycles. The maximum absolute atomic E-state index is 12.0. The van der Waals surface area contributed by atoms with Crippen LogP contribution in [0.2, 0.25) is 0 Å². The maximum Gasteiger partial charge on any atom is 0.250 e. The van der Waals surface area contributed by atoms with Crippen molar-refractivity contribution in [2.24, 2.45) is 12.1 Å². The topological polar surface area (TPSA) is 72.2 Å². The average molecular weight is 509 g/mol. The van der Waals surface area contributed by atoms with Gasteiger partial charge in [0.15, 0.2) is 11.0 Å². The highest BCUT2D eigenvalue weighted by molar-refractivity contribution is 9.10. The predicted octanol–water partition coefficient (Wildman–Crippen LogP) is 4.25. The normalized spacial score (nSPS) is 11.1. The highest BCUT2D eigenvalue weighted by Crippen LogP contribution is 2.24. The standard InChI is InChI=1S/C18H15Br2N5OS/c1-25-17(13-5-3-7-15(20)9-13)23-24-18(25)27-11-16(26)22-21-10-12-4-2-6-14(19)8-12/h2-10H,11H2,1H3,(H,22,26)/b21-10-. The Morgan fingerprint density at radius 3 is 2.67 bits per heavy atom. The van der Waals surface area contributed by atoms with Crippen molar-refractivity contribution in [3.8, 4) is 11.4 Å². The average Bonchev–Trinajstić information content (AvgIpc) is 3.01. The van der Waals surface area contributed by atoms with Gasteiger partial charge in [-0.25, -0.2) is 5.43 Å². The zero-order valence-electron chi connectivity index (χ0n) is 14.3. The number of carbonyl (C=O) groups excluding carboxylic acids is 1. The summed E-state index contributed by atoms with van der Waals surface area (Å²) in [6.45, 7) is 0. The molecule has 0 unspecified atom stereocenters. The molecule has 0 aliphatic heterocycles. The van der Waals surface area contributed by atoms with Crippen LogP contribution in [-0.2, 0) is 11.8 Å². The third-order valence-electron chi connectivity index (χ3n) is 3.50. The zero-order chi connectivity index (χ0) is 19.2. The Kier molecular flexibility index (Phi) is 6.81. The van der Waals surface area contributed by atoms with E-state index in [0.717, 1.165) is 25.9 Å². The molecular weight excluding hydrogens is 494 g/mol. The summed E-state index contributed by atoms with van der Waals surface area (Å²) >= 11 is 8.15. The number of hydrazone groups is 1. The number of carbonyl (C=O) groups is 1. The second kappa shape index (κ2) is 9.29. The number of thioether (sulfide) groups is 1. The number of nitrogens with zero attached hydrogens (tertiary/aromatic N) is 4. The Balaban J connectivity index is 1.56. The molecule has 0 aliphatic rings. The van der Waals surface area contributed by atoms with Crippen molar-refractivity contribution >= 4 is 55.7 Å². The van der Waals surface area contributed by atoms with Crippen molar-refractivity contribution in [2.75, 3.05) is 5.75 Å². The Morgan fingerprint density at radius 1 is 1.19 bits per heavy atom. The number of hydrogen-bond acceptors (Lipinski definition) is 5. The van der Waals surface area contributed by atoms with Gasteiger partial charge >= 0.3 is 0 Å². The minimum Gasteiger partial charge on any atom is -0.305 e. The molecule has 1 heterocycles. The fraction of sp³-hybridized carbons (Fsp3) is 0.111. The van der Waals surface area contributed by atoms with Gasteiger partial charge < -0.3 is 4.57 Å². The monoisotopic (exact) mass is 507 g/mol. The summed E-state index contributed by atoms with van der Waals surface area (Å²) in [4.78, 5) is 12.0. The summed E-state index contributed by atoms with van der Waals surface area (Å²) in [5.74, 6) is 0.727. The van der Waals surface area contributed by atoms with E-state index < -0.39 is 0 Å². The van der Waals surface area contributed by atoms with E-state index in [0.29, 0.717) is 5.16 Å². The minimum atomic E-state index is -0.210. The fourth-order valence-corrected chi connectivity index (χ4v) is 3.77. The highest BCUT2D eigenvalue weighted by Gasteiger charge is 2.13. The van der Waals surface area contributed by atoms with Gasteiger partial charge in [0.25, 0.3) is 5.91 Å². The van der Waals surface area contributed by atoms with Crippen LogP contribution in [0.15, 0.2) is 67.7 Å². The molecular formula is C18H15Br2N5OS. The SMILES string of the molecule is Cn1c(SCC(=O)N/N=C\c2cccc(Br)c2)nnc1-c1cccc(Br)c1. The molecule has 27 heavy (non-hydrogen) atoms. The van der Waals surface area contributed by atoms with Gasteiger partial charge in [0, 0.05) is 21.6 Å². The molecule has 3 rings (SSSR count). The van der Waals surface area contributed by atoms with Gasteiger partial charge in [-0.05, 0) is 29.8 Å². The molecule has 9 heteroatoms. The lowest BCUT2D eigenvalue weighted by Crippen LogP contribution is -2.19. The van der Waals surface area contributed by atoms with Gasteiger partial charge in [-0.3, -0.25) is 4.79 Å². The molecule has 1 amide bonds. The number of nitrogens with one attached hydrogen (secondary N) is 1. The van der Waals surface area contributed by atoms with Crippen LogP contribution in [0, 0.1) is 0 Å². The Bertz CT molecular complexity index is 989. The Morgan fingerprint density at radius 2 is 1.93 bits per heavy atom. The maximum atomic E-state index is 12.0. The summed E-state index contributed by atoms with van der Waals surface area (Å²) in [6, 6.07) is 15.5. The van der Waals surface area contributed by atoms with Gasteiger partial charge in [-0.1, -0.05) is 67.9 Å². The molecule has 6 nitrogen and oxygen atoms in total. The van der Waals surface area contributed by atoms with Crippen molar-refractivity contribution in [1.82, 2.24) is 20.2 Å².